The summed E-state index contributed by atoms with van der Waals surface area (Å²) < 4.78 is 0. The van der Waals surface area contributed by atoms with E-state index in [1.54, 1.807) is 0 Å². The van der Waals surface area contributed by atoms with Crippen LogP contribution in [0.5, 0.6) is 0 Å². The van der Waals surface area contributed by atoms with Gasteiger partial charge < -0.3 is 10.6 Å². The van der Waals surface area contributed by atoms with E-state index in [-0.39, 0.29) is 17.5 Å². The molecule has 1 aliphatic rings. The Balaban J connectivity index is 2.62. The van der Waals surface area contributed by atoms with E-state index in [1.807, 2.05) is 27.7 Å². The Hall–Kier alpha value is -0.610. The molecule has 20 heavy (non-hydrogen) atoms. The highest BCUT2D eigenvalue weighted by Crippen LogP contribution is 2.12. The van der Waals surface area contributed by atoms with E-state index in [0.29, 0.717) is 12.0 Å². The maximum Gasteiger partial charge on any atom is 0.237 e. The fourth-order valence-corrected chi connectivity index (χ4v) is 2.70. The largest absolute Gasteiger partial charge is 0.350 e. The second-order valence-electron chi connectivity index (χ2n) is 7.56. The van der Waals surface area contributed by atoms with Crippen LogP contribution < -0.4 is 10.6 Å². The van der Waals surface area contributed by atoms with Crippen LogP contribution in [0.3, 0.4) is 0 Å². The number of amides is 1. The SMILES string of the molecule is CC(C)CN(CC1CCCN1)C(C)C(=O)NC(C)(C)C. The molecule has 0 aromatic carbocycles. The van der Waals surface area contributed by atoms with Gasteiger partial charge in [0.2, 0.25) is 5.91 Å². The van der Waals surface area contributed by atoms with Crippen LogP contribution in [-0.2, 0) is 4.79 Å². The highest BCUT2D eigenvalue weighted by atomic mass is 16.2. The van der Waals surface area contributed by atoms with Gasteiger partial charge in [0.1, 0.15) is 0 Å². The summed E-state index contributed by atoms with van der Waals surface area (Å²) in [5.41, 5.74) is -0.166. The van der Waals surface area contributed by atoms with Gasteiger partial charge in [-0.05, 0) is 53.0 Å². The quantitative estimate of drug-likeness (QED) is 0.783. The first-order valence-electron chi connectivity index (χ1n) is 7.98. The molecule has 0 radical (unpaired) electrons. The van der Waals surface area contributed by atoms with Gasteiger partial charge in [-0.2, -0.15) is 0 Å². The van der Waals surface area contributed by atoms with Gasteiger partial charge in [-0.3, -0.25) is 9.69 Å². The lowest BCUT2D eigenvalue weighted by Crippen LogP contribution is -2.53. The van der Waals surface area contributed by atoms with E-state index in [0.717, 1.165) is 19.6 Å². The van der Waals surface area contributed by atoms with Gasteiger partial charge in [-0.1, -0.05) is 13.8 Å². The van der Waals surface area contributed by atoms with E-state index in [9.17, 15) is 4.79 Å². The second kappa shape index (κ2) is 7.41. The molecule has 4 nitrogen and oxygen atoms in total. The molecule has 2 atom stereocenters. The average Bonchev–Trinajstić information content (AvgIpc) is 2.77. The van der Waals surface area contributed by atoms with Crippen molar-refractivity contribution in [2.24, 2.45) is 5.92 Å². The molecule has 0 aliphatic carbocycles. The standard InChI is InChI=1S/C16H33N3O/c1-12(2)10-19(11-14-8-7-9-17-14)13(3)15(20)18-16(4,5)6/h12-14,17H,7-11H2,1-6H3,(H,18,20). The molecular weight excluding hydrogens is 250 g/mol. The van der Waals surface area contributed by atoms with E-state index < -0.39 is 0 Å². The molecule has 0 spiro atoms. The Morgan fingerprint density at radius 3 is 2.45 bits per heavy atom. The smallest absolute Gasteiger partial charge is 0.237 e. The zero-order valence-electron chi connectivity index (χ0n) is 14.1. The summed E-state index contributed by atoms with van der Waals surface area (Å²) >= 11 is 0. The lowest BCUT2D eigenvalue weighted by Gasteiger charge is -2.33. The fraction of sp³-hybridized carbons (Fsp3) is 0.938. The van der Waals surface area contributed by atoms with Gasteiger partial charge in [0.05, 0.1) is 6.04 Å². The van der Waals surface area contributed by atoms with Crippen LogP contribution in [0.1, 0.15) is 54.4 Å². The van der Waals surface area contributed by atoms with Crippen molar-refractivity contribution in [1.82, 2.24) is 15.5 Å². The van der Waals surface area contributed by atoms with Crippen LogP contribution in [0.15, 0.2) is 0 Å². The predicted molar refractivity (Wildman–Crippen MR) is 84.8 cm³/mol. The molecule has 1 fully saturated rings. The Kier molecular flexibility index (Phi) is 6.46. The number of hydrogen-bond acceptors (Lipinski definition) is 3. The third-order valence-corrected chi connectivity index (χ3v) is 3.64. The Morgan fingerprint density at radius 1 is 1.35 bits per heavy atom. The number of nitrogens with zero attached hydrogens (tertiary/aromatic N) is 1. The molecule has 1 aliphatic heterocycles. The molecule has 2 unspecified atom stereocenters. The Morgan fingerprint density at radius 2 is 2.00 bits per heavy atom. The van der Waals surface area contributed by atoms with Crippen LogP contribution in [0.25, 0.3) is 0 Å². The number of nitrogens with one attached hydrogen (secondary N) is 2. The number of carbonyl (C=O) groups is 1. The molecule has 0 aromatic rings. The molecule has 1 rings (SSSR count). The number of carbonyl (C=O) groups excluding carboxylic acids is 1. The summed E-state index contributed by atoms with van der Waals surface area (Å²) in [5.74, 6) is 0.706. The molecule has 0 saturated carbocycles. The predicted octanol–water partition coefficient (Wildman–Crippen LogP) is 2.00. The summed E-state index contributed by atoms with van der Waals surface area (Å²) in [6, 6.07) is 0.470. The summed E-state index contributed by atoms with van der Waals surface area (Å²) in [7, 11) is 0. The van der Waals surface area contributed by atoms with Crippen molar-refractivity contribution in [2.75, 3.05) is 19.6 Å². The highest BCUT2D eigenvalue weighted by molar-refractivity contribution is 5.81. The second-order valence-corrected chi connectivity index (χ2v) is 7.56. The average molecular weight is 283 g/mol. The summed E-state index contributed by atoms with van der Waals surface area (Å²) in [5, 5.41) is 6.63. The van der Waals surface area contributed by atoms with Gasteiger partial charge in [-0.25, -0.2) is 0 Å². The van der Waals surface area contributed by atoms with Gasteiger partial charge in [0.25, 0.3) is 0 Å². The number of rotatable bonds is 6. The first-order valence-corrected chi connectivity index (χ1v) is 7.98. The van der Waals surface area contributed by atoms with Crippen LogP contribution in [-0.4, -0.2) is 48.1 Å². The molecule has 1 saturated heterocycles. The summed E-state index contributed by atoms with van der Waals surface area (Å²) in [4.78, 5) is 14.7. The van der Waals surface area contributed by atoms with Crippen molar-refractivity contribution >= 4 is 5.91 Å². The van der Waals surface area contributed by atoms with Gasteiger partial charge in [0.15, 0.2) is 0 Å². The monoisotopic (exact) mass is 283 g/mol. The molecule has 1 amide bonds. The molecule has 4 heteroatoms. The third-order valence-electron chi connectivity index (χ3n) is 3.64. The van der Waals surface area contributed by atoms with Crippen molar-refractivity contribution in [3.63, 3.8) is 0 Å². The van der Waals surface area contributed by atoms with Gasteiger partial charge in [0, 0.05) is 24.7 Å². The first kappa shape index (κ1) is 17.4. The summed E-state index contributed by atoms with van der Waals surface area (Å²) in [6.07, 6.45) is 2.48. The zero-order chi connectivity index (χ0) is 15.3. The maximum atomic E-state index is 12.4. The third kappa shape index (κ3) is 6.23. The maximum absolute atomic E-state index is 12.4. The fourth-order valence-electron chi connectivity index (χ4n) is 2.70. The minimum atomic E-state index is -0.166. The van der Waals surface area contributed by atoms with E-state index in [2.05, 4.69) is 29.4 Å². The van der Waals surface area contributed by atoms with Gasteiger partial charge in [-0.15, -0.1) is 0 Å². The van der Waals surface area contributed by atoms with Crippen molar-refractivity contribution in [3.8, 4) is 0 Å². The molecule has 118 valence electrons. The van der Waals surface area contributed by atoms with E-state index >= 15 is 0 Å². The van der Waals surface area contributed by atoms with Crippen molar-refractivity contribution in [2.45, 2.75) is 72.0 Å². The topological polar surface area (TPSA) is 44.4 Å². The Labute approximate surface area is 124 Å². The zero-order valence-corrected chi connectivity index (χ0v) is 14.1. The van der Waals surface area contributed by atoms with E-state index in [1.165, 1.54) is 12.8 Å². The molecule has 0 bridgehead atoms. The van der Waals surface area contributed by atoms with Crippen molar-refractivity contribution < 1.29 is 4.79 Å². The minimum absolute atomic E-state index is 0.0703. The molecule has 2 N–H and O–H groups in total. The Bertz CT molecular complexity index is 303. The van der Waals surface area contributed by atoms with Gasteiger partial charge >= 0.3 is 0 Å². The number of hydrogen-bond donors (Lipinski definition) is 2. The lowest BCUT2D eigenvalue weighted by atomic mass is 10.1. The van der Waals surface area contributed by atoms with E-state index in [4.69, 9.17) is 0 Å². The normalized spacial score (nSPS) is 21.5. The lowest BCUT2D eigenvalue weighted by molar-refractivity contribution is -0.127. The van der Waals surface area contributed by atoms with Crippen LogP contribution in [0, 0.1) is 5.92 Å². The molecule has 0 aromatic heterocycles. The van der Waals surface area contributed by atoms with Crippen molar-refractivity contribution in [3.05, 3.63) is 0 Å². The first-order chi connectivity index (χ1) is 9.19. The highest BCUT2D eigenvalue weighted by Gasteiger charge is 2.27. The van der Waals surface area contributed by atoms with Crippen LogP contribution >= 0.6 is 0 Å². The minimum Gasteiger partial charge on any atom is -0.350 e. The van der Waals surface area contributed by atoms with Crippen LogP contribution in [0.4, 0.5) is 0 Å². The summed E-state index contributed by atoms with van der Waals surface area (Å²) in [6.45, 7) is 15.6. The molecule has 1 heterocycles. The van der Waals surface area contributed by atoms with Crippen molar-refractivity contribution in [1.29, 1.82) is 0 Å². The molecular formula is C16H33N3O. The van der Waals surface area contributed by atoms with Crippen LogP contribution in [0.2, 0.25) is 0 Å².